The third kappa shape index (κ3) is 30.6. The first-order valence-electron chi connectivity index (χ1n) is 23.3. The van der Waals surface area contributed by atoms with Crippen LogP contribution in [0.25, 0.3) is 0 Å². The van der Waals surface area contributed by atoms with Crippen LogP contribution in [0.2, 0.25) is 0 Å². The molecule has 1 aliphatic rings. The summed E-state index contributed by atoms with van der Waals surface area (Å²) in [5, 5.41) is 6.91. The molecule has 1 atom stereocenters. The van der Waals surface area contributed by atoms with Crippen LogP contribution in [0.3, 0.4) is 0 Å². The van der Waals surface area contributed by atoms with Gasteiger partial charge in [-0.15, -0.1) is 0 Å². The molecule has 0 aromatic heterocycles. The van der Waals surface area contributed by atoms with Gasteiger partial charge in [0.05, 0.1) is 0 Å². The van der Waals surface area contributed by atoms with E-state index in [2.05, 4.69) is 36.0 Å². The molecule has 2 N–H and O–H groups in total. The lowest BCUT2D eigenvalue weighted by molar-refractivity contribution is -0.558. The fourth-order valence-electron chi connectivity index (χ4n) is 7.98. The second-order valence-electron chi connectivity index (χ2n) is 16.3. The van der Waals surface area contributed by atoms with Crippen LogP contribution in [0.1, 0.15) is 265 Å². The second kappa shape index (κ2) is 37.7. The number of amidine groups is 1. The van der Waals surface area contributed by atoms with Crippen molar-refractivity contribution in [3.63, 3.8) is 0 Å². The quantitative estimate of drug-likeness (QED) is 0.0493. The minimum Gasteiger partial charge on any atom is -0.318 e. The summed E-state index contributed by atoms with van der Waals surface area (Å²) >= 11 is 0. The molecule has 0 fully saturated rings. The third-order valence-corrected chi connectivity index (χ3v) is 11.4. The van der Waals surface area contributed by atoms with Gasteiger partial charge >= 0.3 is 0 Å². The molecular weight excluding hydrogens is 611 g/mol. The Kier molecular flexibility index (Phi) is 35.4. The Morgan fingerprint density at radius 2 is 0.800 bits per heavy atom. The fraction of sp³-hybridized carbons (Fsp3) is 0.957. The predicted octanol–water partition coefficient (Wildman–Crippen LogP) is 14.3. The van der Waals surface area contributed by atoms with Crippen LogP contribution in [0, 0.1) is 0 Å². The van der Waals surface area contributed by atoms with E-state index in [-0.39, 0.29) is 12.1 Å². The van der Waals surface area contributed by atoms with Crippen molar-refractivity contribution in [3.8, 4) is 0 Å². The molecule has 50 heavy (non-hydrogen) atoms. The molecular formula is C46H92N3O+. The van der Waals surface area contributed by atoms with Gasteiger partial charge in [0.25, 0.3) is 0 Å². The van der Waals surface area contributed by atoms with E-state index in [1.165, 1.54) is 231 Å². The van der Waals surface area contributed by atoms with Gasteiger partial charge < -0.3 is 5.32 Å². The van der Waals surface area contributed by atoms with Gasteiger partial charge in [-0.2, -0.15) is 0 Å². The highest BCUT2D eigenvalue weighted by Crippen LogP contribution is 2.16. The minimum absolute atomic E-state index is 0.0959. The smallest absolute Gasteiger partial charge is 0.246 e. The molecule has 0 saturated heterocycles. The number of carbonyl (C=O) groups is 1. The molecule has 0 bridgehead atoms. The van der Waals surface area contributed by atoms with Crippen molar-refractivity contribution in [3.05, 3.63) is 0 Å². The highest BCUT2D eigenvalue weighted by Gasteiger charge is 2.25. The highest BCUT2D eigenvalue weighted by molar-refractivity contribution is 5.79. The molecule has 0 aromatic carbocycles. The van der Waals surface area contributed by atoms with E-state index in [1.807, 2.05) is 0 Å². The molecule has 0 saturated carbocycles. The number of amides is 1. The Hall–Kier alpha value is -1.06. The molecule has 0 aliphatic carbocycles. The van der Waals surface area contributed by atoms with Crippen LogP contribution in [-0.4, -0.2) is 35.6 Å². The fourth-order valence-corrected chi connectivity index (χ4v) is 7.98. The van der Waals surface area contributed by atoms with Crippen LogP contribution < -0.4 is 10.6 Å². The molecule has 0 aromatic rings. The maximum atomic E-state index is 12.7. The van der Waals surface area contributed by atoms with Crippen LogP contribution in [0.4, 0.5) is 0 Å². The van der Waals surface area contributed by atoms with E-state index in [1.54, 1.807) is 0 Å². The zero-order chi connectivity index (χ0) is 36.0. The number of unbranched alkanes of at least 4 members (excludes halogenated alkanes) is 34. The number of nitrogens with one attached hydrogen (secondary N) is 2. The Morgan fingerprint density at radius 3 is 1.14 bits per heavy atom. The van der Waals surface area contributed by atoms with Crippen molar-refractivity contribution in [2.24, 2.45) is 0 Å². The van der Waals surface area contributed by atoms with Crippen LogP contribution in [-0.2, 0) is 4.79 Å². The third-order valence-electron chi connectivity index (χ3n) is 11.4. The van der Waals surface area contributed by atoms with Gasteiger partial charge in [0.15, 0.2) is 6.17 Å². The predicted molar refractivity (Wildman–Crippen MR) is 223 cm³/mol. The number of nitrogens with zero attached hydrogens (tertiary/aromatic N) is 1. The van der Waals surface area contributed by atoms with Gasteiger partial charge in [0.1, 0.15) is 13.1 Å². The molecule has 1 unspecified atom stereocenters. The van der Waals surface area contributed by atoms with Crippen molar-refractivity contribution in [1.82, 2.24) is 10.6 Å². The lowest BCUT2D eigenvalue weighted by Crippen LogP contribution is -2.42. The molecule has 0 spiro atoms. The zero-order valence-corrected chi connectivity index (χ0v) is 34.7. The summed E-state index contributed by atoms with van der Waals surface area (Å²) in [6, 6.07) is 0. The summed E-state index contributed by atoms with van der Waals surface area (Å²) in [5.74, 6) is 1.58. The van der Waals surface area contributed by atoms with E-state index in [4.69, 9.17) is 0 Å². The van der Waals surface area contributed by atoms with Gasteiger partial charge in [-0.25, -0.2) is 4.58 Å². The summed E-state index contributed by atoms with van der Waals surface area (Å²) in [6.45, 7) is 8.78. The number of rotatable bonds is 40. The van der Waals surface area contributed by atoms with E-state index < -0.39 is 0 Å². The molecule has 296 valence electrons. The van der Waals surface area contributed by atoms with Crippen LogP contribution in [0.5, 0.6) is 0 Å². The summed E-state index contributed by atoms with van der Waals surface area (Å²) in [4.78, 5) is 12.7. The van der Waals surface area contributed by atoms with Gasteiger partial charge in [-0.1, -0.05) is 232 Å². The van der Waals surface area contributed by atoms with Crippen molar-refractivity contribution < 1.29 is 9.37 Å². The molecule has 0 radical (unpaired) electrons. The molecule has 1 amide bonds. The highest BCUT2D eigenvalue weighted by atomic mass is 16.1. The maximum Gasteiger partial charge on any atom is 0.246 e. The Morgan fingerprint density at radius 1 is 0.500 bits per heavy atom. The standard InChI is InChI=1S/C46H91N3O/c1-4-6-8-10-12-14-16-18-20-22-24-26-28-30-32-34-36-38-40-45-47-42-43-49(45)44(3)48-46(50)41-39-37-35-33-31-29-27-25-23-21-19-17-15-13-11-9-7-5-2/h44H,4-43H2,1-3H3,(H,48,50)/p+1. The average molecular weight is 703 g/mol. The Balaban J connectivity index is 1.90. The topological polar surface area (TPSA) is 44.1 Å². The summed E-state index contributed by atoms with van der Waals surface area (Å²) in [5.41, 5.74) is 0. The van der Waals surface area contributed by atoms with Crippen molar-refractivity contribution in [2.75, 3.05) is 13.1 Å². The number of hydrogen-bond acceptors (Lipinski definition) is 2. The van der Waals surface area contributed by atoms with Gasteiger partial charge in [-0.3, -0.25) is 10.1 Å². The van der Waals surface area contributed by atoms with E-state index >= 15 is 0 Å². The van der Waals surface area contributed by atoms with Crippen molar-refractivity contribution in [1.29, 1.82) is 0 Å². The normalized spacial score (nSPS) is 13.7. The average Bonchev–Trinajstić information content (AvgIpc) is 3.59. The van der Waals surface area contributed by atoms with E-state index in [0.717, 1.165) is 25.9 Å². The summed E-state index contributed by atoms with van der Waals surface area (Å²) in [7, 11) is 0. The summed E-state index contributed by atoms with van der Waals surface area (Å²) in [6.07, 6.45) is 52.3. The second-order valence-corrected chi connectivity index (χ2v) is 16.3. The van der Waals surface area contributed by atoms with Crippen molar-refractivity contribution >= 4 is 11.7 Å². The molecule has 1 aliphatic heterocycles. The Bertz CT molecular complexity index is 750. The van der Waals surface area contributed by atoms with E-state index in [0.29, 0.717) is 6.42 Å². The first-order valence-corrected chi connectivity index (χ1v) is 23.3. The first kappa shape index (κ1) is 47.0. The van der Waals surface area contributed by atoms with Gasteiger partial charge in [-0.05, 0) is 19.8 Å². The molecule has 1 rings (SSSR count). The molecule has 4 nitrogen and oxygen atoms in total. The largest absolute Gasteiger partial charge is 0.318 e. The van der Waals surface area contributed by atoms with Crippen molar-refractivity contribution in [2.45, 2.75) is 271 Å². The maximum absolute atomic E-state index is 12.7. The molecule has 1 heterocycles. The SMILES string of the molecule is CCCCCCCCCCCCCCCCCCCCC(=O)NC(C)[N+]1=C(CCCCCCCCCCCCCCCCCCCC)NCC1. The Labute approximate surface area is 315 Å². The van der Waals surface area contributed by atoms with Gasteiger partial charge in [0.2, 0.25) is 11.7 Å². The van der Waals surface area contributed by atoms with E-state index in [9.17, 15) is 4.79 Å². The number of carbonyl (C=O) groups excluding carboxylic acids is 1. The molecule has 4 heteroatoms. The van der Waals surface area contributed by atoms with Gasteiger partial charge in [0, 0.05) is 12.8 Å². The first-order chi connectivity index (χ1) is 24.7. The zero-order valence-electron chi connectivity index (χ0n) is 34.7. The summed E-state index contributed by atoms with van der Waals surface area (Å²) < 4.78 is 2.40. The monoisotopic (exact) mass is 703 g/mol. The van der Waals surface area contributed by atoms with Crippen LogP contribution in [0.15, 0.2) is 0 Å². The minimum atomic E-state index is 0.0959. The van der Waals surface area contributed by atoms with Crippen LogP contribution >= 0.6 is 0 Å². The lowest BCUT2D eigenvalue weighted by Gasteiger charge is -2.15. The number of hydrogen-bond donors (Lipinski definition) is 2. The lowest BCUT2D eigenvalue weighted by atomic mass is 10.0.